The number of carbonyl (C=O) groups is 1. The lowest BCUT2D eigenvalue weighted by molar-refractivity contribution is -0.120. The van der Waals surface area contributed by atoms with E-state index in [1.165, 1.54) is 4.88 Å². The Morgan fingerprint density at radius 2 is 2.43 bits per heavy atom. The number of amides is 1. The zero-order valence-electron chi connectivity index (χ0n) is 8.54. The minimum atomic E-state index is 0.0488. The van der Waals surface area contributed by atoms with E-state index in [4.69, 9.17) is 0 Å². The maximum atomic E-state index is 11.3. The van der Waals surface area contributed by atoms with Gasteiger partial charge < -0.3 is 10.6 Å². The standard InChI is InChI=1S/C10H16N2OS/c1-3-11-7-10(13)12-8(2)9-5-4-6-14-9/h4-6,8,11H,3,7H2,1-2H3,(H,12,13). The summed E-state index contributed by atoms with van der Waals surface area (Å²) < 4.78 is 0. The molecular formula is C10H16N2OS. The van der Waals surface area contributed by atoms with Crippen molar-refractivity contribution in [2.75, 3.05) is 13.1 Å². The van der Waals surface area contributed by atoms with Crippen LogP contribution in [0.15, 0.2) is 17.5 Å². The third-order valence-electron chi connectivity index (χ3n) is 1.88. The molecule has 1 amide bonds. The van der Waals surface area contributed by atoms with Gasteiger partial charge >= 0.3 is 0 Å². The second kappa shape index (κ2) is 5.78. The maximum absolute atomic E-state index is 11.3. The fourth-order valence-corrected chi connectivity index (χ4v) is 1.87. The SMILES string of the molecule is CCNCC(=O)NC(C)c1cccs1. The van der Waals surface area contributed by atoms with Crippen molar-refractivity contribution in [3.05, 3.63) is 22.4 Å². The van der Waals surface area contributed by atoms with Gasteiger partial charge in [0.2, 0.25) is 5.91 Å². The van der Waals surface area contributed by atoms with Crippen molar-refractivity contribution in [2.24, 2.45) is 0 Å². The molecule has 0 saturated carbocycles. The van der Waals surface area contributed by atoms with Crippen LogP contribution in [0.1, 0.15) is 24.8 Å². The summed E-state index contributed by atoms with van der Waals surface area (Å²) in [7, 11) is 0. The number of carbonyl (C=O) groups excluding carboxylic acids is 1. The normalized spacial score (nSPS) is 12.4. The molecule has 1 rings (SSSR count). The Morgan fingerprint density at radius 3 is 3.00 bits per heavy atom. The lowest BCUT2D eigenvalue weighted by Gasteiger charge is -2.11. The van der Waals surface area contributed by atoms with E-state index >= 15 is 0 Å². The molecule has 0 aromatic carbocycles. The molecule has 0 spiro atoms. The van der Waals surface area contributed by atoms with Gasteiger partial charge in [0.15, 0.2) is 0 Å². The van der Waals surface area contributed by atoms with Gasteiger partial charge in [0, 0.05) is 4.88 Å². The van der Waals surface area contributed by atoms with Gasteiger partial charge in [-0.2, -0.15) is 0 Å². The molecule has 0 aliphatic carbocycles. The topological polar surface area (TPSA) is 41.1 Å². The molecule has 1 atom stereocenters. The van der Waals surface area contributed by atoms with Crippen molar-refractivity contribution in [2.45, 2.75) is 19.9 Å². The van der Waals surface area contributed by atoms with E-state index in [0.717, 1.165) is 6.54 Å². The average molecular weight is 212 g/mol. The highest BCUT2D eigenvalue weighted by atomic mass is 32.1. The summed E-state index contributed by atoms with van der Waals surface area (Å²) in [5.74, 6) is 0.0488. The Balaban J connectivity index is 2.33. The highest BCUT2D eigenvalue weighted by Gasteiger charge is 2.08. The van der Waals surface area contributed by atoms with E-state index in [1.807, 2.05) is 31.4 Å². The van der Waals surface area contributed by atoms with E-state index in [-0.39, 0.29) is 11.9 Å². The van der Waals surface area contributed by atoms with Crippen LogP contribution < -0.4 is 10.6 Å². The minimum absolute atomic E-state index is 0.0488. The fraction of sp³-hybridized carbons (Fsp3) is 0.500. The molecule has 0 aliphatic heterocycles. The second-order valence-electron chi connectivity index (χ2n) is 3.08. The molecule has 2 N–H and O–H groups in total. The first-order valence-electron chi connectivity index (χ1n) is 4.77. The Morgan fingerprint density at radius 1 is 1.64 bits per heavy atom. The fourth-order valence-electron chi connectivity index (χ4n) is 1.14. The summed E-state index contributed by atoms with van der Waals surface area (Å²) in [5.41, 5.74) is 0. The van der Waals surface area contributed by atoms with E-state index in [2.05, 4.69) is 10.6 Å². The van der Waals surface area contributed by atoms with E-state index in [1.54, 1.807) is 11.3 Å². The van der Waals surface area contributed by atoms with Crippen LogP contribution in [0.2, 0.25) is 0 Å². The van der Waals surface area contributed by atoms with Crippen LogP contribution in [0.3, 0.4) is 0 Å². The summed E-state index contributed by atoms with van der Waals surface area (Å²) in [5, 5.41) is 7.93. The van der Waals surface area contributed by atoms with E-state index < -0.39 is 0 Å². The van der Waals surface area contributed by atoms with Crippen LogP contribution in [0, 0.1) is 0 Å². The predicted octanol–water partition coefficient (Wildman–Crippen LogP) is 1.53. The van der Waals surface area contributed by atoms with Crippen LogP contribution in [0.4, 0.5) is 0 Å². The number of hydrogen-bond acceptors (Lipinski definition) is 3. The van der Waals surface area contributed by atoms with Crippen molar-refractivity contribution >= 4 is 17.2 Å². The summed E-state index contributed by atoms with van der Waals surface area (Å²) in [6.45, 7) is 5.19. The van der Waals surface area contributed by atoms with Crippen LogP contribution in [0.25, 0.3) is 0 Å². The molecule has 3 nitrogen and oxygen atoms in total. The van der Waals surface area contributed by atoms with Crippen LogP contribution in [0.5, 0.6) is 0 Å². The van der Waals surface area contributed by atoms with E-state index in [9.17, 15) is 4.79 Å². The van der Waals surface area contributed by atoms with Crippen molar-refractivity contribution in [1.29, 1.82) is 0 Å². The highest BCUT2D eigenvalue weighted by molar-refractivity contribution is 7.10. The molecule has 0 bridgehead atoms. The summed E-state index contributed by atoms with van der Waals surface area (Å²) >= 11 is 1.66. The van der Waals surface area contributed by atoms with Gasteiger partial charge in [0.05, 0.1) is 12.6 Å². The van der Waals surface area contributed by atoms with Crippen molar-refractivity contribution in [3.63, 3.8) is 0 Å². The number of rotatable bonds is 5. The summed E-state index contributed by atoms with van der Waals surface area (Å²) in [6.07, 6.45) is 0. The Hall–Kier alpha value is -0.870. The number of thiophene rings is 1. The molecular weight excluding hydrogens is 196 g/mol. The summed E-state index contributed by atoms with van der Waals surface area (Å²) in [6, 6.07) is 4.14. The van der Waals surface area contributed by atoms with Gasteiger partial charge in [-0.25, -0.2) is 0 Å². The molecule has 4 heteroatoms. The molecule has 1 aromatic heterocycles. The average Bonchev–Trinajstić information content (AvgIpc) is 2.67. The first-order chi connectivity index (χ1) is 6.74. The van der Waals surface area contributed by atoms with Crippen molar-refractivity contribution in [1.82, 2.24) is 10.6 Å². The molecule has 14 heavy (non-hydrogen) atoms. The highest BCUT2D eigenvalue weighted by Crippen LogP contribution is 2.17. The van der Waals surface area contributed by atoms with Crippen LogP contribution in [-0.4, -0.2) is 19.0 Å². The first kappa shape index (κ1) is 11.2. The number of hydrogen-bond donors (Lipinski definition) is 2. The van der Waals surface area contributed by atoms with Crippen molar-refractivity contribution in [3.8, 4) is 0 Å². The molecule has 0 saturated heterocycles. The molecule has 1 aromatic rings. The van der Waals surface area contributed by atoms with Gasteiger partial charge in [0.25, 0.3) is 0 Å². The van der Waals surface area contributed by atoms with Crippen LogP contribution >= 0.6 is 11.3 Å². The van der Waals surface area contributed by atoms with Gasteiger partial charge in [-0.3, -0.25) is 4.79 Å². The largest absolute Gasteiger partial charge is 0.348 e. The predicted molar refractivity (Wildman–Crippen MR) is 59.4 cm³/mol. The second-order valence-corrected chi connectivity index (χ2v) is 4.06. The van der Waals surface area contributed by atoms with Crippen LogP contribution in [-0.2, 0) is 4.79 Å². The Labute approximate surface area is 88.5 Å². The first-order valence-corrected chi connectivity index (χ1v) is 5.65. The molecule has 1 heterocycles. The number of nitrogens with one attached hydrogen (secondary N) is 2. The molecule has 0 radical (unpaired) electrons. The molecule has 0 fully saturated rings. The van der Waals surface area contributed by atoms with E-state index in [0.29, 0.717) is 6.54 Å². The Kier molecular flexibility index (Phi) is 4.62. The lowest BCUT2D eigenvalue weighted by atomic mass is 10.3. The molecule has 0 aliphatic rings. The number of likely N-dealkylation sites (N-methyl/N-ethyl adjacent to an activating group) is 1. The maximum Gasteiger partial charge on any atom is 0.234 e. The minimum Gasteiger partial charge on any atom is -0.348 e. The van der Waals surface area contributed by atoms with Gasteiger partial charge in [0.1, 0.15) is 0 Å². The van der Waals surface area contributed by atoms with Gasteiger partial charge in [-0.05, 0) is 24.9 Å². The molecule has 78 valence electrons. The quantitative estimate of drug-likeness (QED) is 0.777. The third-order valence-corrected chi connectivity index (χ3v) is 2.94. The zero-order chi connectivity index (χ0) is 10.4. The van der Waals surface area contributed by atoms with Gasteiger partial charge in [-0.15, -0.1) is 11.3 Å². The lowest BCUT2D eigenvalue weighted by Crippen LogP contribution is -2.35. The Bertz CT molecular complexity index is 272. The smallest absolute Gasteiger partial charge is 0.234 e. The van der Waals surface area contributed by atoms with Crippen molar-refractivity contribution < 1.29 is 4.79 Å². The monoisotopic (exact) mass is 212 g/mol. The summed E-state index contributed by atoms with van der Waals surface area (Å²) in [4.78, 5) is 12.5. The third kappa shape index (κ3) is 3.47. The zero-order valence-corrected chi connectivity index (χ0v) is 9.36. The molecule has 1 unspecified atom stereocenters. The van der Waals surface area contributed by atoms with Gasteiger partial charge in [-0.1, -0.05) is 13.0 Å².